The minimum atomic E-state index is -0.693. The van der Waals surface area contributed by atoms with Crippen LogP contribution in [-0.2, 0) is 14.3 Å². The molecule has 0 radical (unpaired) electrons. The molecule has 1 aliphatic carbocycles. The molecule has 1 unspecified atom stereocenters. The molecule has 0 amide bonds. The van der Waals surface area contributed by atoms with Crippen molar-refractivity contribution in [2.75, 3.05) is 0 Å². The average molecular weight is 196 g/mol. The van der Waals surface area contributed by atoms with Crippen LogP contribution in [0.4, 0.5) is 0 Å². The first-order valence-corrected chi connectivity index (χ1v) is 4.74. The van der Waals surface area contributed by atoms with Crippen LogP contribution in [0.3, 0.4) is 0 Å². The van der Waals surface area contributed by atoms with Crippen molar-refractivity contribution in [3.05, 3.63) is 12.2 Å². The normalized spacial score (nSPS) is 22.6. The topological polar surface area (TPSA) is 43.4 Å². The van der Waals surface area contributed by atoms with Crippen molar-refractivity contribution < 1.29 is 14.3 Å². The molecule has 0 N–H and O–H groups in total. The lowest BCUT2D eigenvalue weighted by Gasteiger charge is -2.20. The van der Waals surface area contributed by atoms with Gasteiger partial charge in [0.05, 0.1) is 5.41 Å². The van der Waals surface area contributed by atoms with Gasteiger partial charge in [-0.25, -0.2) is 0 Å². The van der Waals surface area contributed by atoms with Gasteiger partial charge in [0.1, 0.15) is 0 Å². The van der Waals surface area contributed by atoms with Gasteiger partial charge < -0.3 is 4.74 Å². The Labute approximate surface area is 84.1 Å². The van der Waals surface area contributed by atoms with Crippen LogP contribution >= 0.6 is 0 Å². The maximum absolute atomic E-state index is 11.5. The first-order chi connectivity index (χ1) is 6.32. The smallest absolute Gasteiger partial charge is 0.312 e. The molecule has 0 spiro atoms. The Hall–Kier alpha value is -1.12. The van der Waals surface area contributed by atoms with Crippen LogP contribution in [0.25, 0.3) is 0 Å². The highest BCUT2D eigenvalue weighted by Crippen LogP contribution is 2.26. The largest absolute Gasteiger partial charge is 0.449 e. The third kappa shape index (κ3) is 2.22. The molecule has 0 aromatic carbocycles. The summed E-state index contributed by atoms with van der Waals surface area (Å²) in [6, 6.07) is 0. The number of esters is 1. The molecule has 1 aliphatic rings. The molecular weight excluding hydrogens is 180 g/mol. The van der Waals surface area contributed by atoms with Gasteiger partial charge in [0, 0.05) is 6.42 Å². The molecule has 78 valence electrons. The summed E-state index contributed by atoms with van der Waals surface area (Å²) in [5, 5.41) is 0. The van der Waals surface area contributed by atoms with E-state index < -0.39 is 11.5 Å². The Balaban J connectivity index is 2.65. The molecule has 1 atom stereocenters. The van der Waals surface area contributed by atoms with Crippen LogP contribution in [0.2, 0.25) is 0 Å². The first kappa shape index (κ1) is 11.0. The lowest BCUT2D eigenvalue weighted by Crippen LogP contribution is -2.30. The van der Waals surface area contributed by atoms with E-state index in [-0.39, 0.29) is 11.8 Å². The minimum absolute atomic E-state index is 0.0346. The first-order valence-electron chi connectivity index (χ1n) is 4.74. The number of ketones is 1. The van der Waals surface area contributed by atoms with Gasteiger partial charge >= 0.3 is 5.97 Å². The third-order valence-corrected chi connectivity index (χ3v) is 2.19. The van der Waals surface area contributed by atoms with Crippen molar-refractivity contribution in [2.45, 2.75) is 39.7 Å². The fourth-order valence-electron chi connectivity index (χ4n) is 1.21. The molecule has 3 nitrogen and oxygen atoms in total. The van der Waals surface area contributed by atoms with Gasteiger partial charge in [-0.15, -0.1) is 0 Å². The summed E-state index contributed by atoms with van der Waals surface area (Å²) in [5.41, 5.74) is 0.149. The highest BCUT2D eigenvalue weighted by molar-refractivity contribution is 5.91. The van der Waals surface area contributed by atoms with Crippen LogP contribution in [0.5, 0.6) is 0 Å². The number of ether oxygens (including phenoxy) is 1. The molecule has 1 rings (SSSR count). The Morgan fingerprint density at radius 3 is 2.36 bits per heavy atom. The molecule has 0 saturated heterocycles. The van der Waals surface area contributed by atoms with Crippen molar-refractivity contribution in [3.63, 3.8) is 0 Å². The molecule has 1 fully saturated rings. The maximum Gasteiger partial charge on any atom is 0.312 e. The van der Waals surface area contributed by atoms with E-state index in [2.05, 4.69) is 6.58 Å². The van der Waals surface area contributed by atoms with Crippen molar-refractivity contribution in [3.8, 4) is 0 Å². The van der Waals surface area contributed by atoms with E-state index in [1.54, 1.807) is 20.8 Å². The van der Waals surface area contributed by atoms with Crippen LogP contribution in [-0.4, -0.2) is 17.9 Å². The van der Waals surface area contributed by atoms with E-state index in [4.69, 9.17) is 4.74 Å². The predicted octanol–water partition coefficient (Wildman–Crippen LogP) is 1.86. The van der Waals surface area contributed by atoms with E-state index in [1.165, 1.54) is 0 Å². The zero-order valence-corrected chi connectivity index (χ0v) is 8.92. The van der Waals surface area contributed by atoms with Crippen molar-refractivity contribution in [1.29, 1.82) is 0 Å². The Morgan fingerprint density at radius 2 is 2.00 bits per heavy atom. The average Bonchev–Trinajstić information content (AvgIpc) is 2.34. The van der Waals surface area contributed by atoms with E-state index >= 15 is 0 Å². The van der Waals surface area contributed by atoms with Crippen LogP contribution < -0.4 is 0 Å². The van der Waals surface area contributed by atoms with E-state index in [0.717, 1.165) is 0 Å². The van der Waals surface area contributed by atoms with Gasteiger partial charge in [0.15, 0.2) is 11.9 Å². The van der Waals surface area contributed by atoms with E-state index in [0.29, 0.717) is 18.4 Å². The molecule has 3 heteroatoms. The SMILES string of the molecule is C=C1CCC(=O)C1OC(=O)C(C)(C)C. The summed E-state index contributed by atoms with van der Waals surface area (Å²) >= 11 is 0. The highest BCUT2D eigenvalue weighted by atomic mass is 16.5. The van der Waals surface area contributed by atoms with Gasteiger partial charge in [-0.1, -0.05) is 6.58 Å². The fraction of sp³-hybridized carbons (Fsp3) is 0.636. The Kier molecular flexibility index (Phi) is 2.79. The molecule has 0 heterocycles. The van der Waals surface area contributed by atoms with Gasteiger partial charge in [0.2, 0.25) is 0 Å². The highest BCUT2D eigenvalue weighted by Gasteiger charge is 2.34. The van der Waals surface area contributed by atoms with E-state index in [1.807, 2.05) is 0 Å². The zero-order valence-electron chi connectivity index (χ0n) is 8.92. The number of hydrogen-bond acceptors (Lipinski definition) is 3. The maximum atomic E-state index is 11.5. The van der Waals surface area contributed by atoms with Gasteiger partial charge in [0.25, 0.3) is 0 Å². The summed E-state index contributed by atoms with van der Waals surface area (Å²) in [6.45, 7) is 9.01. The number of hydrogen-bond donors (Lipinski definition) is 0. The molecule has 1 saturated carbocycles. The summed E-state index contributed by atoms with van der Waals surface area (Å²) in [4.78, 5) is 22.8. The number of Topliss-reactive ketones (excluding diaryl/α,β-unsaturated/α-hetero) is 1. The second-order valence-electron chi connectivity index (χ2n) is 4.66. The number of carbonyl (C=O) groups excluding carboxylic acids is 2. The van der Waals surface area contributed by atoms with Gasteiger partial charge in [-0.3, -0.25) is 9.59 Å². The standard InChI is InChI=1S/C11H16O3/c1-7-5-6-8(12)9(7)14-10(13)11(2,3)4/h9H,1,5-6H2,2-4H3. The van der Waals surface area contributed by atoms with Gasteiger partial charge in [-0.2, -0.15) is 0 Å². The summed E-state index contributed by atoms with van der Waals surface area (Å²) in [7, 11) is 0. The second-order valence-corrected chi connectivity index (χ2v) is 4.66. The molecule has 0 bridgehead atoms. The lowest BCUT2D eigenvalue weighted by atomic mass is 9.97. The van der Waals surface area contributed by atoms with Gasteiger partial charge in [-0.05, 0) is 32.8 Å². The third-order valence-electron chi connectivity index (χ3n) is 2.19. The molecular formula is C11H16O3. The Bertz CT molecular complexity index is 267. The summed E-state index contributed by atoms with van der Waals surface area (Å²) < 4.78 is 5.11. The summed E-state index contributed by atoms with van der Waals surface area (Å²) in [6.07, 6.45) is 0.392. The van der Waals surface area contributed by atoms with Crippen molar-refractivity contribution in [1.82, 2.24) is 0 Å². The quantitative estimate of drug-likeness (QED) is 0.475. The van der Waals surface area contributed by atoms with Crippen LogP contribution in [0.15, 0.2) is 12.2 Å². The molecule has 0 aromatic rings. The fourth-order valence-corrected chi connectivity index (χ4v) is 1.21. The predicted molar refractivity (Wildman–Crippen MR) is 52.7 cm³/mol. The van der Waals surface area contributed by atoms with Crippen LogP contribution in [0.1, 0.15) is 33.6 Å². The van der Waals surface area contributed by atoms with Crippen molar-refractivity contribution >= 4 is 11.8 Å². The van der Waals surface area contributed by atoms with Crippen LogP contribution in [0, 0.1) is 5.41 Å². The zero-order chi connectivity index (χ0) is 10.9. The minimum Gasteiger partial charge on any atom is -0.449 e. The Morgan fingerprint density at radius 1 is 1.43 bits per heavy atom. The molecule has 14 heavy (non-hydrogen) atoms. The monoisotopic (exact) mass is 196 g/mol. The second kappa shape index (κ2) is 3.56. The van der Waals surface area contributed by atoms with E-state index in [9.17, 15) is 9.59 Å². The number of carbonyl (C=O) groups is 2. The lowest BCUT2D eigenvalue weighted by molar-refractivity contribution is -0.159. The molecule has 0 aliphatic heterocycles. The van der Waals surface area contributed by atoms with Crippen molar-refractivity contribution in [2.24, 2.45) is 5.41 Å². The number of rotatable bonds is 1. The molecule has 0 aromatic heterocycles. The summed E-state index contributed by atoms with van der Waals surface area (Å²) in [5.74, 6) is -0.383.